The molecule has 3 rings (SSSR count). The Morgan fingerprint density at radius 2 is 1.72 bits per heavy atom. The Kier molecular flexibility index (Phi) is 2.24. The molecule has 1 aromatic rings. The fourth-order valence-corrected chi connectivity index (χ4v) is 2.29. The number of rotatable bonds is 0. The van der Waals surface area contributed by atoms with Crippen LogP contribution in [0.4, 0.5) is 10.5 Å². The molecule has 2 aliphatic rings. The van der Waals surface area contributed by atoms with E-state index < -0.39 is 17.8 Å². The molecule has 2 aliphatic heterocycles. The van der Waals surface area contributed by atoms with Crippen molar-refractivity contribution in [2.75, 3.05) is 5.32 Å². The zero-order valence-electron chi connectivity index (χ0n) is 8.83. The molecule has 1 fully saturated rings. The molecular formula is C11H6BrN3O3. The van der Waals surface area contributed by atoms with Crippen LogP contribution in [0.3, 0.4) is 0 Å². The minimum absolute atomic E-state index is 0.0191. The maximum Gasteiger partial charge on any atom is 0.326 e. The molecule has 4 amide bonds. The van der Waals surface area contributed by atoms with Gasteiger partial charge in [-0.05, 0) is 18.2 Å². The molecule has 0 bridgehead atoms. The van der Waals surface area contributed by atoms with E-state index in [0.29, 0.717) is 11.3 Å². The monoisotopic (exact) mass is 307 g/mol. The quantitative estimate of drug-likeness (QED) is 0.492. The fraction of sp³-hybridized carbons (Fsp3) is 0. The Morgan fingerprint density at radius 3 is 2.39 bits per heavy atom. The summed E-state index contributed by atoms with van der Waals surface area (Å²) in [6.45, 7) is 0. The number of fused-ring (bicyclic) bond motifs is 1. The first-order valence-electron chi connectivity index (χ1n) is 5.04. The number of hydrogen-bond donors (Lipinski definition) is 3. The second kappa shape index (κ2) is 3.67. The normalized spacial score (nSPS) is 21.5. The van der Waals surface area contributed by atoms with Gasteiger partial charge < -0.3 is 10.6 Å². The smallest absolute Gasteiger partial charge is 0.321 e. The van der Waals surface area contributed by atoms with Crippen LogP contribution >= 0.6 is 15.9 Å². The van der Waals surface area contributed by atoms with Crippen molar-refractivity contribution >= 4 is 45.0 Å². The number of nitrogens with one attached hydrogen (secondary N) is 3. The van der Waals surface area contributed by atoms with Crippen molar-refractivity contribution in [2.45, 2.75) is 0 Å². The van der Waals surface area contributed by atoms with Gasteiger partial charge in [-0.25, -0.2) is 4.79 Å². The molecule has 0 spiro atoms. The predicted molar refractivity (Wildman–Crippen MR) is 66.4 cm³/mol. The van der Waals surface area contributed by atoms with E-state index in [0.717, 1.165) is 4.47 Å². The number of urea groups is 1. The van der Waals surface area contributed by atoms with Crippen LogP contribution in [-0.4, -0.2) is 17.8 Å². The molecule has 18 heavy (non-hydrogen) atoms. The van der Waals surface area contributed by atoms with Gasteiger partial charge in [-0.2, -0.15) is 0 Å². The minimum Gasteiger partial charge on any atom is -0.321 e. The summed E-state index contributed by atoms with van der Waals surface area (Å²) >= 11 is 3.30. The van der Waals surface area contributed by atoms with E-state index in [2.05, 4.69) is 31.9 Å². The number of amides is 4. The Labute approximate surface area is 110 Å². The average molecular weight is 308 g/mol. The molecule has 7 heteroatoms. The molecule has 1 aromatic carbocycles. The van der Waals surface area contributed by atoms with E-state index in [1.165, 1.54) is 0 Å². The number of anilines is 1. The van der Waals surface area contributed by atoms with Gasteiger partial charge in [0.2, 0.25) is 0 Å². The standard InChI is InChI=1S/C11H6BrN3O3/c12-4-1-2-6-5(3-4)7(9(16)13-6)8-10(17)15-11(18)14-8/h1-3H,(H,13,16)(H2,14,15,17,18)/b8-7-. The second-order valence-corrected chi connectivity index (χ2v) is 4.72. The Balaban J connectivity index is 2.23. The molecule has 0 atom stereocenters. The lowest BCUT2D eigenvalue weighted by molar-refractivity contribution is -0.116. The molecule has 6 nitrogen and oxygen atoms in total. The number of hydrogen-bond acceptors (Lipinski definition) is 3. The molecule has 90 valence electrons. The largest absolute Gasteiger partial charge is 0.326 e. The molecule has 0 aromatic heterocycles. The number of carbonyl (C=O) groups excluding carboxylic acids is 3. The molecular weight excluding hydrogens is 302 g/mol. The fourth-order valence-electron chi connectivity index (χ4n) is 1.93. The summed E-state index contributed by atoms with van der Waals surface area (Å²) in [5.41, 5.74) is 1.35. The predicted octanol–water partition coefficient (Wildman–Crippen LogP) is 0.952. The number of halogens is 1. The van der Waals surface area contributed by atoms with Gasteiger partial charge in [-0.3, -0.25) is 14.9 Å². The van der Waals surface area contributed by atoms with Crippen LogP contribution in [0.5, 0.6) is 0 Å². The Morgan fingerprint density at radius 1 is 0.944 bits per heavy atom. The van der Waals surface area contributed by atoms with Crippen molar-refractivity contribution in [3.63, 3.8) is 0 Å². The highest BCUT2D eigenvalue weighted by Gasteiger charge is 2.34. The average Bonchev–Trinajstić information content (AvgIpc) is 2.77. The maximum atomic E-state index is 11.9. The summed E-state index contributed by atoms with van der Waals surface area (Å²) < 4.78 is 0.778. The zero-order valence-corrected chi connectivity index (χ0v) is 10.4. The van der Waals surface area contributed by atoms with E-state index in [4.69, 9.17) is 0 Å². The Bertz CT molecular complexity index is 651. The van der Waals surface area contributed by atoms with Crippen LogP contribution in [-0.2, 0) is 9.59 Å². The van der Waals surface area contributed by atoms with E-state index in [9.17, 15) is 14.4 Å². The first-order chi connectivity index (χ1) is 8.56. The van der Waals surface area contributed by atoms with Crippen molar-refractivity contribution in [1.29, 1.82) is 0 Å². The number of carbonyl (C=O) groups is 3. The summed E-state index contributed by atoms with van der Waals surface area (Å²) in [6, 6.07) is 4.59. The summed E-state index contributed by atoms with van der Waals surface area (Å²) in [7, 11) is 0. The highest BCUT2D eigenvalue weighted by atomic mass is 79.9. The second-order valence-electron chi connectivity index (χ2n) is 3.80. The van der Waals surface area contributed by atoms with Gasteiger partial charge in [-0.1, -0.05) is 15.9 Å². The summed E-state index contributed by atoms with van der Waals surface area (Å²) in [6.07, 6.45) is 0. The molecule has 0 unspecified atom stereocenters. The molecule has 2 heterocycles. The van der Waals surface area contributed by atoms with Gasteiger partial charge in [0.25, 0.3) is 11.8 Å². The van der Waals surface area contributed by atoms with Crippen molar-refractivity contribution in [3.05, 3.63) is 33.9 Å². The van der Waals surface area contributed by atoms with Gasteiger partial charge in [0.05, 0.1) is 5.57 Å². The van der Waals surface area contributed by atoms with Gasteiger partial charge in [0, 0.05) is 15.7 Å². The highest BCUT2D eigenvalue weighted by Crippen LogP contribution is 2.35. The Hall–Kier alpha value is -2.15. The highest BCUT2D eigenvalue weighted by molar-refractivity contribution is 9.10. The number of benzene rings is 1. The van der Waals surface area contributed by atoms with Gasteiger partial charge in [0.15, 0.2) is 0 Å². The summed E-state index contributed by atoms with van der Waals surface area (Å²) in [5.74, 6) is -1.01. The molecule has 1 saturated heterocycles. The van der Waals surface area contributed by atoms with Crippen LogP contribution in [0, 0.1) is 0 Å². The third-order valence-corrected chi connectivity index (χ3v) is 3.16. The van der Waals surface area contributed by atoms with Gasteiger partial charge in [0.1, 0.15) is 5.70 Å². The topological polar surface area (TPSA) is 87.3 Å². The zero-order chi connectivity index (χ0) is 12.9. The van der Waals surface area contributed by atoms with Crippen LogP contribution in [0.15, 0.2) is 28.4 Å². The first-order valence-corrected chi connectivity index (χ1v) is 5.83. The summed E-state index contributed by atoms with van der Waals surface area (Å²) in [4.78, 5) is 34.5. The van der Waals surface area contributed by atoms with E-state index in [-0.39, 0.29) is 11.3 Å². The van der Waals surface area contributed by atoms with Gasteiger partial charge >= 0.3 is 6.03 Å². The number of imide groups is 1. The van der Waals surface area contributed by atoms with E-state index in [1.54, 1.807) is 18.2 Å². The third-order valence-electron chi connectivity index (χ3n) is 2.67. The first kappa shape index (κ1) is 11.0. The van der Waals surface area contributed by atoms with Crippen LogP contribution < -0.4 is 16.0 Å². The SMILES string of the molecule is O=C1NC(=O)/C(=C2/C(=O)Nc3ccc(Br)cc32)N1. The molecule has 0 aliphatic carbocycles. The lowest BCUT2D eigenvalue weighted by atomic mass is 10.1. The third kappa shape index (κ3) is 1.52. The summed E-state index contributed by atoms with van der Waals surface area (Å²) in [5, 5.41) is 7.05. The van der Waals surface area contributed by atoms with Crippen molar-refractivity contribution in [2.24, 2.45) is 0 Å². The lowest BCUT2D eigenvalue weighted by Crippen LogP contribution is -2.22. The van der Waals surface area contributed by atoms with Crippen LogP contribution in [0.2, 0.25) is 0 Å². The molecule has 0 saturated carbocycles. The van der Waals surface area contributed by atoms with Gasteiger partial charge in [-0.15, -0.1) is 0 Å². The van der Waals surface area contributed by atoms with E-state index in [1.807, 2.05) is 0 Å². The van der Waals surface area contributed by atoms with Crippen LogP contribution in [0.25, 0.3) is 5.57 Å². The van der Waals surface area contributed by atoms with Crippen molar-refractivity contribution in [3.8, 4) is 0 Å². The van der Waals surface area contributed by atoms with Crippen molar-refractivity contribution in [1.82, 2.24) is 10.6 Å². The lowest BCUT2D eigenvalue weighted by Gasteiger charge is -2.01. The minimum atomic E-state index is -0.626. The maximum absolute atomic E-state index is 11.9. The molecule has 0 radical (unpaired) electrons. The van der Waals surface area contributed by atoms with E-state index >= 15 is 0 Å². The van der Waals surface area contributed by atoms with Crippen LogP contribution in [0.1, 0.15) is 5.56 Å². The molecule has 3 N–H and O–H groups in total. The van der Waals surface area contributed by atoms with Crippen molar-refractivity contribution < 1.29 is 14.4 Å².